The van der Waals surface area contributed by atoms with E-state index in [-0.39, 0.29) is 8.07 Å². The Morgan fingerprint density at radius 1 is 1.11 bits per heavy atom. The normalized spacial score (nSPS) is 30.3. The average Bonchev–Trinajstić information content (AvgIpc) is 2.48. The van der Waals surface area contributed by atoms with Gasteiger partial charge in [0, 0.05) is 13.2 Å². The molecule has 2 nitrogen and oxygen atoms in total. The molecule has 0 aromatic rings. The third-order valence-electron chi connectivity index (χ3n) is 4.62. The molecule has 1 rings (SSSR count). The van der Waals surface area contributed by atoms with Crippen molar-refractivity contribution in [2.75, 3.05) is 20.8 Å². The Morgan fingerprint density at radius 3 is 2.44 bits per heavy atom. The number of rotatable bonds is 4. The van der Waals surface area contributed by atoms with E-state index in [0.29, 0.717) is 5.85 Å². The molecule has 0 aromatic carbocycles. The minimum atomic E-state index is -0.158. The molecular weight excluding hydrogens is 241 g/mol. The summed E-state index contributed by atoms with van der Waals surface area (Å²) in [6.45, 7) is 6.99. The van der Waals surface area contributed by atoms with Crippen molar-refractivity contribution in [2.24, 2.45) is 5.92 Å². The Labute approximate surface area is 115 Å². The van der Waals surface area contributed by atoms with Crippen LogP contribution in [0.1, 0.15) is 58.8 Å². The first-order valence-corrected chi connectivity index (χ1v) is 9.35. The largest absolute Gasteiger partial charge is 0.376 e. The molecule has 0 saturated heterocycles. The smallest absolute Gasteiger partial charge is 0.0867 e. The van der Waals surface area contributed by atoms with Crippen LogP contribution in [0.5, 0.6) is 0 Å². The summed E-state index contributed by atoms with van der Waals surface area (Å²) < 4.78 is 8.14. The van der Waals surface area contributed by atoms with E-state index in [0.717, 1.165) is 12.0 Å². The summed E-state index contributed by atoms with van der Waals surface area (Å²) in [5.41, 5.74) is 0. The highest BCUT2D eigenvalue weighted by molar-refractivity contribution is 7.54. The molecule has 1 saturated carbocycles. The van der Waals surface area contributed by atoms with Crippen LogP contribution in [0.25, 0.3) is 0 Å². The molecule has 1 aliphatic rings. The molecule has 4 atom stereocenters. The van der Waals surface area contributed by atoms with Crippen LogP contribution >= 0.6 is 8.07 Å². The van der Waals surface area contributed by atoms with Crippen LogP contribution in [-0.4, -0.2) is 37.4 Å². The minimum Gasteiger partial charge on any atom is -0.376 e. The maximum absolute atomic E-state index is 5.51. The first-order valence-electron chi connectivity index (χ1n) is 7.54. The number of hydrogen-bond donors (Lipinski definition) is 0. The summed E-state index contributed by atoms with van der Waals surface area (Å²) in [6.07, 6.45) is 9.87. The number of ether oxygens (including phenoxy) is 1. The van der Waals surface area contributed by atoms with Gasteiger partial charge in [-0.1, -0.05) is 32.6 Å². The molecular formula is C15H32NOP. The van der Waals surface area contributed by atoms with Crippen molar-refractivity contribution in [1.29, 1.82) is 0 Å². The van der Waals surface area contributed by atoms with Gasteiger partial charge in [-0.3, -0.25) is 4.67 Å². The third kappa shape index (κ3) is 5.15. The molecule has 3 heteroatoms. The van der Waals surface area contributed by atoms with Crippen molar-refractivity contribution < 1.29 is 4.74 Å². The Kier molecular flexibility index (Phi) is 7.75. The van der Waals surface area contributed by atoms with E-state index in [2.05, 4.69) is 32.2 Å². The average molecular weight is 273 g/mol. The SMILES string of the molecule is COC(C)P(C)N(C)C1CCCCCC(C)CC1. The summed E-state index contributed by atoms with van der Waals surface area (Å²) in [5.74, 6) is 1.30. The topological polar surface area (TPSA) is 12.5 Å². The number of nitrogens with zero attached hydrogens (tertiary/aromatic N) is 1. The fourth-order valence-corrected chi connectivity index (χ4v) is 4.42. The molecule has 0 N–H and O–H groups in total. The second-order valence-corrected chi connectivity index (χ2v) is 8.46. The zero-order valence-electron chi connectivity index (χ0n) is 13.0. The molecule has 0 heterocycles. The van der Waals surface area contributed by atoms with Crippen molar-refractivity contribution in [1.82, 2.24) is 4.67 Å². The Balaban J connectivity index is 2.54. The first kappa shape index (κ1) is 16.4. The van der Waals surface area contributed by atoms with Crippen molar-refractivity contribution in [3.8, 4) is 0 Å². The van der Waals surface area contributed by atoms with Crippen LogP contribution in [0.3, 0.4) is 0 Å². The molecule has 0 aliphatic heterocycles. The summed E-state index contributed by atoms with van der Waals surface area (Å²) in [6, 6.07) is 0.777. The quantitative estimate of drug-likeness (QED) is 0.689. The minimum absolute atomic E-state index is 0.158. The zero-order chi connectivity index (χ0) is 13.5. The summed E-state index contributed by atoms with van der Waals surface area (Å²) in [7, 11) is 3.99. The van der Waals surface area contributed by atoms with E-state index in [1.54, 1.807) is 0 Å². The molecule has 0 aromatic heterocycles. The van der Waals surface area contributed by atoms with E-state index < -0.39 is 0 Å². The van der Waals surface area contributed by atoms with Gasteiger partial charge in [0.1, 0.15) is 0 Å². The Hall–Kier alpha value is 0.350. The van der Waals surface area contributed by atoms with Gasteiger partial charge in [-0.2, -0.15) is 0 Å². The summed E-state index contributed by atoms with van der Waals surface area (Å²) >= 11 is 0. The van der Waals surface area contributed by atoms with Gasteiger partial charge in [-0.05, 0) is 53.9 Å². The van der Waals surface area contributed by atoms with Crippen molar-refractivity contribution in [3.63, 3.8) is 0 Å². The van der Waals surface area contributed by atoms with Crippen LogP contribution in [0.2, 0.25) is 0 Å². The fourth-order valence-electron chi connectivity index (χ4n) is 2.86. The third-order valence-corrected chi connectivity index (χ3v) is 7.21. The second kappa shape index (κ2) is 8.51. The molecule has 0 spiro atoms. The Bertz CT molecular complexity index is 225. The van der Waals surface area contributed by atoms with Crippen molar-refractivity contribution in [2.45, 2.75) is 70.7 Å². The van der Waals surface area contributed by atoms with Crippen molar-refractivity contribution >= 4 is 8.07 Å². The summed E-state index contributed by atoms with van der Waals surface area (Å²) in [4.78, 5) is 0. The molecule has 4 unspecified atom stereocenters. The first-order chi connectivity index (χ1) is 8.56. The molecule has 1 aliphatic carbocycles. The highest BCUT2D eigenvalue weighted by atomic mass is 31.1. The second-order valence-electron chi connectivity index (χ2n) is 5.96. The predicted octanol–water partition coefficient (Wildman–Crippen LogP) is 4.69. The van der Waals surface area contributed by atoms with E-state index in [4.69, 9.17) is 4.74 Å². The summed E-state index contributed by atoms with van der Waals surface area (Å²) in [5, 5.41) is 0. The standard InChI is InChI=1S/C15H32NOP/c1-13-9-7-6-8-10-15(12-11-13)16(3)18(5)14(2)17-4/h13-15H,6-12H2,1-5H3. The van der Waals surface area contributed by atoms with E-state index in [1.165, 1.54) is 44.9 Å². The fraction of sp³-hybridized carbons (Fsp3) is 1.00. The van der Waals surface area contributed by atoms with Gasteiger partial charge in [0.25, 0.3) is 0 Å². The van der Waals surface area contributed by atoms with Gasteiger partial charge in [-0.15, -0.1) is 0 Å². The molecule has 0 radical (unpaired) electrons. The predicted molar refractivity (Wildman–Crippen MR) is 82.3 cm³/mol. The number of hydrogen-bond acceptors (Lipinski definition) is 2. The van der Waals surface area contributed by atoms with Crippen LogP contribution < -0.4 is 0 Å². The maximum atomic E-state index is 5.51. The zero-order valence-corrected chi connectivity index (χ0v) is 13.9. The van der Waals surface area contributed by atoms with Gasteiger partial charge >= 0.3 is 0 Å². The molecule has 0 bridgehead atoms. The molecule has 108 valence electrons. The van der Waals surface area contributed by atoms with Gasteiger partial charge < -0.3 is 4.74 Å². The Morgan fingerprint density at radius 2 is 1.78 bits per heavy atom. The maximum Gasteiger partial charge on any atom is 0.0867 e. The van der Waals surface area contributed by atoms with E-state index in [9.17, 15) is 0 Å². The monoisotopic (exact) mass is 273 g/mol. The van der Waals surface area contributed by atoms with Gasteiger partial charge in [0.15, 0.2) is 0 Å². The molecule has 0 amide bonds. The van der Waals surface area contributed by atoms with E-state index in [1.807, 2.05) is 7.11 Å². The lowest BCUT2D eigenvalue weighted by Crippen LogP contribution is -2.30. The lowest BCUT2D eigenvalue weighted by molar-refractivity contribution is 0.174. The van der Waals surface area contributed by atoms with Crippen LogP contribution in [-0.2, 0) is 4.74 Å². The molecule has 18 heavy (non-hydrogen) atoms. The van der Waals surface area contributed by atoms with Gasteiger partial charge in [0.2, 0.25) is 0 Å². The van der Waals surface area contributed by atoms with Crippen LogP contribution in [0, 0.1) is 5.92 Å². The van der Waals surface area contributed by atoms with Gasteiger partial charge in [-0.25, -0.2) is 0 Å². The molecule has 1 fully saturated rings. The van der Waals surface area contributed by atoms with Crippen LogP contribution in [0.4, 0.5) is 0 Å². The lowest BCUT2D eigenvalue weighted by Gasteiger charge is -2.36. The lowest BCUT2D eigenvalue weighted by atomic mass is 9.98. The van der Waals surface area contributed by atoms with Crippen LogP contribution in [0.15, 0.2) is 0 Å². The highest BCUT2D eigenvalue weighted by Crippen LogP contribution is 2.43. The highest BCUT2D eigenvalue weighted by Gasteiger charge is 2.24. The number of methoxy groups -OCH3 is 1. The van der Waals surface area contributed by atoms with Crippen molar-refractivity contribution in [3.05, 3.63) is 0 Å². The van der Waals surface area contributed by atoms with Gasteiger partial charge in [0.05, 0.1) is 5.85 Å². The van der Waals surface area contributed by atoms with E-state index >= 15 is 0 Å².